The third-order valence-electron chi connectivity index (χ3n) is 5.32. The van der Waals surface area contributed by atoms with Crippen molar-refractivity contribution in [1.82, 2.24) is 4.31 Å². The van der Waals surface area contributed by atoms with Crippen LogP contribution in [0, 0.1) is 13.8 Å². The Morgan fingerprint density at radius 2 is 1.26 bits per heavy atom. The van der Waals surface area contributed by atoms with Crippen LogP contribution < -0.4 is 0 Å². The van der Waals surface area contributed by atoms with Crippen molar-refractivity contribution in [3.8, 4) is 0 Å². The summed E-state index contributed by atoms with van der Waals surface area (Å²) in [5, 5.41) is 0. The van der Waals surface area contributed by atoms with Crippen LogP contribution >= 0.6 is 0 Å². The molecule has 1 aliphatic rings. The van der Waals surface area contributed by atoms with Gasteiger partial charge < -0.3 is 0 Å². The maximum Gasteiger partial charge on any atom is 0.297 e. The van der Waals surface area contributed by atoms with E-state index in [1.165, 1.54) is 16.4 Å². The molecule has 0 saturated carbocycles. The van der Waals surface area contributed by atoms with Gasteiger partial charge in [0.15, 0.2) is 0 Å². The molecule has 0 aromatic heterocycles. The second-order valence-corrected chi connectivity index (χ2v) is 11.1. The molecule has 3 unspecified atom stereocenters. The summed E-state index contributed by atoms with van der Waals surface area (Å²) in [6.45, 7) is 3.48. The first kappa shape index (κ1) is 21.7. The molecule has 0 N–H and O–H groups in total. The van der Waals surface area contributed by atoms with Crippen LogP contribution in [0.1, 0.15) is 22.7 Å². The van der Waals surface area contributed by atoms with Gasteiger partial charge in [-0.25, -0.2) is 8.42 Å². The Labute approximate surface area is 183 Å². The van der Waals surface area contributed by atoms with E-state index in [1.807, 2.05) is 44.2 Å². The molecule has 4 rings (SSSR count). The molecule has 1 fully saturated rings. The molecule has 3 aromatic rings. The molecule has 0 amide bonds. The van der Waals surface area contributed by atoms with E-state index >= 15 is 0 Å². The summed E-state index contributed by atoms with van der Waals surface area (Å²) in [5.41, 5.74) is 2.67. The molecule has 6 nitrogen and oxygen atoms in total. The summed E-state index contributed by atoms with van der Waals surface area (Å²) < 4.78 is 58.3. The van der Waals surface area contributed by atoms with Crippen LogP contribution in [0.4, 0.5) is 0 Å². The first-order valence-electron chi connectivity index (χ1n) is 9.81. The van der Waals surface area contributed by atoms with Crippen LogP contribution in [0.15, 0.2) is 88.7 Å². The lowest BCUT2D eigenvalue weighted by Gasteiger charge is -2.08. The van der Waals surface area contributed by atoms with Crippen LogP contribution in [-0.4, -0.2) is 33.8 Å². The zero-order valence-electron chi connectivity index (χ0n) is 17.2. The quantitative estimate of drug-likeness (QED) is 0.398. The normalized spacial score (nSPS) is 21.0. The SMILES string of the molecule is Cc1ccc(S(=O)(=O)OCC2C(c3ccccc3)N2S(=O)(=O)c2ccc(C)cc2)cc1. The Morgan fingerprint density at radius 1 is 0.742 bits per heavy atom. The Morgan fingerprint density at radius 3 is 1.81 bits per heavy atom. The Kier molecular flexibility index (Phi) is 5.74. The standard InChI is InChI=1S/C23H23NO5S2/c1-17-8-12-20(13-9-17)30(25,26)24-22(23(24)19-6-4-3-5-7-19)16-29-31(27,28)21-14-10-18(2)11-15-21/h3-15,22-23H,16H2,1-2H3. The highest BCUT2D eigenvalue weighted by Gasteiger charge is 2.56. The summed E-state index contributed by atoms with van der Waals surface area (Å²) >= 11 is 0. The van der Waals surface area contributed by atoms with Gasteiger partial charge >= 0.3 is 0 Å². The minimum absolute atomic E-state index is 0.0444. The smallest absolute Gasteiger partial charge is 0.265 e. The molecule has 0 bridgehead atoms. The van der Waals surface area contributed by atoms with Crippen molar-refractivity contribution in [3.63, 3.8) is 0 Å². The molecule has 8 heteroatoms. The van der Waals surface area contributed by atoms with E-state index in [9.17, 15) is 16.8 Å². The summed E-state index contributed by atoms with van der Waals surface area (Å²) in [4.78, 5) is 0.214. The summed E-state index contributed by atoms with van der Waals surface area (Å²) in [6, 6.07) is 21.0. The molecule has 1 aliphatic heterocycles. The molecule has 162 valence electrons. The average molecular weight is 458 g/mol. The Bertz CT molecular complexity index is 1270. The van der Waals surface area contributed by atoms with Gasteiger partial charge in [-0.05, 0) is 43.7 Å². The molecule has 3 aromatic carbocycles. The van der Waals surface area contributed by atoms with Crippen molar-refractivity contribution >= 4 is 20.1 Å². The fourth-order valence-electron chi connectivity index (χ4n) is 3.53. The van der Waals surface area contributed by atoms with Crippen molar-refractivity contribution in [2.75, 3.05) is 6.61 Å². The van der Waals surface area contributed by atoms with E-state index in [0.717, 1.165) is 16.7 Å². The number of hydrogen-bond acceptors (Lipinski definition) is 5. The summed E-state index contributed by atoms with van der Waals surface area (Å²) in [5.74, 6) is 0. The topological polar surface area (TPSA) is 80.5 Å². The fraction of sp³-hybridized carbons (Fsp3) is 0.217. The molecule has 0 radical (unpaired) electrons. The van der Waals surface area contributed by atoms with Gasteiger partial charge in [0.25, 0.3) is 10.1 Å². The van der Waals surface area contributed by atoms with Crippen molar-refractivity contribution < 1.29 is 21.0 Å². The van der Waals surface area contributed by atoms with Crippen LogP contribution in [0.25, 0.3) is 0 Å². The number of aryl methyl sites for hydroxylation is 2. The third kappa shape index (κ3) is 4.43. The zero-order chi connectivity index (χ0) is 22.2. The highest BCUT2D eigenvalue weighted by atomic mass is 32.2. The number of rotatable bonds is 7. The molecule has 31 heavy (non-hydrogen) atoms. The first-order valence-corrected chi connectivity index (χ1v) is 12.7. The van der Waals surface area contributed by atoms with Crippen molar-refractivity contribution in [2.45, 2.75) is 35.7 Å². The van der Waals surface area contributed by atoms with Gasteiger partial charge in [-0.15, -0.1) is 0 Å². The molecular formula is C23H23NO5S2. The van der Waals surface area contributed by atoms with Crippen molar-refractivity contribution in [3.05, 3.63) is 95.6 Å². The average Bonchev–Trinajstić information content (AvgIpc) is 3.49. The van der Waals surface area contributed by atoms with Crippen molar-refractivity contribution in [1.29, 1.82) is 0 Å². The van der Waals surface area contributed by atoms with E-state index in [1.54, 1.807) is 36.4 Å². The number of nitrogens with zero attached hydrogens (tertiary/aromatic N) is 1. The number of hydrogen-bond donors (Lipinski definition) is 0. The zero-order valence-corrected chi connectivity index (χ0v) is 18.8. The fourth-order valence-corrected chi connectivity index (χ4v) is 6.22. The monoisotopic (exact) mass is 457 g/mol. The largest absolute Gasteiger partial charge is 0.297 e. The number of benzene rings is 3. The molecule has 1 heterocycles. The third-order valence-corrected chi connectivity index (χ3v) is 8.53. The Balaban J connectivity index is 1.60. The van der Waals surface area contributed by atoms with Gasteiger partial charge in [0.05, 0.1) is 28.5 Å². The lowest BCUT2D eigenvalue weighted by molar-refractivity contribution is 0.309. The molecular weight excluding hydrogens is 434 g/mol. The van der Waals surface area contributed by atoms with E-state index in [4.69, 9.17) is 4.18 Å². The van der Waals surface area contributed by atoms with E-state index < -0.39 is 32.2 Å². The molecule has 0 aliphatic carbocycles. The van der Waals surface area contributed by atoms with E-state index in [-0.39, 0.29) is 16.4 Å². The van der Waals surface area contributed by atoms with Gasteiger partial charge in [0.2, 0.25) is 10.0 Å². The highest BCUT2D eigenvalue weighted by Crippen LogP contribution is 2.48. The lowest BCUT2D eigenvalue weighted by atomic mass is 10.1. The maximum absolute atomic E-state index is 13.3. The Hall–Kier alpha value is -2.52. The van der Waals surface area contributed by atoms with Gasteiger partial charge in [-0.1, -0.05) is 65.7 Å². The van der Waals surface area contributed by atoms with Crippen LogP contribution in [0.2, 0.25) is 0 Å². The van der Waals surface area contributed by atoms with Gasteiger partial charge in [0, 0.05) is 0 Å². The van der Waals surface area contributed by atoms with E-state index in [2.05, 4.69) is 0 Å². The van der Waals surface area contributed by atoms with Gasteiger partial charge in [-0.2, -0.15) is 12.7 Å². The molecule has 3 atom stereocenters. The first-order chi connectivity index (χ1) is 14.7. The highest BCUT2D eigenvalue weighted by molar-refractivity contribution is 7.89. The van der Waals surface area contributed by atoms with Gasteiger partial charge in [-0.3, -0.25) is 4.18 Å². The van der Waals surface area contributed by atoms with E-state index in [0.29, 0.717) is 0 Å². The lowest BCUT2D eigenvalue weighted by Crippen LogP contribution is -2.19. The summed E-state index contributed by atoms with van der Waals surface area (Å²) in [7, 11) is -7.81. The van der Waals surface area contributed by atoms with Crippen molar-refractivity contribution in [2.24, 2.45) is 0 Å². The van der Waals surface area contributed by atoms with Crippen LogP contribution in [-0.2, 0) is 24.3 Å². The predicted molar refractivity (Wildman–Crippen MR) is 117 cm³/mol. The maximum atomic E-state index is 13.3. The summed E-state index contributed by atoms with van der Waals surface area (Å²) in [6.07, 6.45) is 0. The molecule has 1 saturated heterocycles. The number of sulfonamides is 1. The predicted octanol–water partition coefficient (Wildman–Crippen LogP) is 3.82. The minimum atomic E-state index is -4.00. The minimum Gasteiger partial charge on any atom is -0.265 e. The van der Waals surface area contributed by atoms with Crippen LogP contribution in [0.3, 0.4) is 0 Å². The second kappa shape index (κ2) is 8.20. The second-order valence-electron chi connectivity index (χ2n) is 7.62. The van der Waals surface area contributed by atoms with Gasteiger partial charge in [0.1, 0.15) is 0 Å². The molecule has 0 spiro atoms. The van der Waals surface area contributed by atoms with Crippen LogP contribution in [0.5, 0.6) is 0 Å².